The van der Waals surface area contributed by atoms with Crippen molar-refractivity contribution in [1.29, 1.82) is 0 Å². The first kappa shape index (κ1) is 10.9. The van der Waals surface area contributed by atoms with Crippen LogP contribution in [0.15, 0.2) is 24.8 Å². The predicted octanol–water partition coefficient (Wildman–Crippen LogP) is 1.23. The van der Waals surface area contributed by atoms with Crippen molar-refractivity contribution in [3.63, 3.8) is 0 Å². The summed E-state index contributed by atoms with van der Waals surface area (Å²) in [5, 5.41) is 2.92. The Hall–Kier alpha value is -1.09. The van der Waals surface area contributed by atoms with Crippen LogP contribution in [0.1, 0.15) is 13.8 Å². The van der Waals surface area contributed by atoms with Gasteiger partial charge in [-0.1, -0.05) is 12.7 Å². The number of hydrogen-bond acceptors (Lipinski definition) is 3. The van der Waals surface area contributed by atoms with E-state index < -0.39 is 0 Å². The van der Waals surface area contributed by atoms with Gasteiger partial charge in [0.1, 0.15) is 0 Å². The number of ether oxygens (including phenoxy) is 1. The maximum atomic E-state index is 10.9. The Morgan fingerprint density at radius 2 is 2.33 bits per heavy atom. The summed E-state index contributed by atoms with van der Waals surface area (Å²) in [6.07, 6.45) is 1.40. The summed E-state index contributed by atoms with van der Waals surface area (Å²) < 4.78 is 4.92. The number of esters is 1. The zero-order valence-corrected chi connectivity index (χ0v) is 7.59. The van der Waals surface area contributed by atoms with Crippen molar-refractivity contribution in [2.24, 2.45) is 0 Å². The van der Waals surface area contributed by atoms with Gasteiger partial charge in [0.2, 0.25) is 0 Å². The van der Waals surface area contributed by atoms with Crippen LogP contribution in [0.25, 0.3) is 0 Å². The van der Waals surface area contributed by atoms with Gasteiger partial charge in [-0.3, -0.25) is 5.32 Å². The first-order valence-corrected chi connectivity index (χ1v) is 3.78. The molecule has 68 valence electrons. The van der Waals surface area contributed by atoms with Gasteiger partial charge in [0.15, 0.2) is 6.23 Å². The van der Waals surface area contributed by atoms with Gasteiger partial charge in [-0.25, -0.2) is 4.79 Å². The molecule has 0 aromatic carbocycles. The van der Waals surface area contributed by atoms with Gasteiger partial charge in [0, 0.05) is 12.1 Å². The summed E-state index contributed by atoms with van der Waals surface area (Å²) in [4.78, 5) is 10.9. The minimum atomic E-state index is -0.376. The van der Waals surface area contributed by atoms with Gasteiger partial charge >= 0.3 is 5.97 Å². The van der Waals surface area contributed by atoms with Gasteiger partial charge in [-0.15, -0.1) is 6.58 Å². The summed E-state index contributed by atoms with van der Waals surface area (Å²) in [6, 6.07) is 0. The molecule has 0 radical (unpaired) electrons. The first-order chi connectivity index (χ1) is 5.57. The Balaban J connectivity index is 3.68. The third-order valence-electron chi connectivity index (χ3n) is 1.18. The van der Waals surface area contributed by atoms with Crippen molar-refractivity contribution in [3.05, 3.63) is 24.8 Å². The average molecular weight is 169 g/mol. The second-order valence-electron chi connectivity index (χ2n) is 2.52. The van der Waals surface area contributed by atoms with Crippen LogP contribution in [0, 0.1) is 0 Å². The fourth-order valence-electron chi connectivity index (χ4n) is 0.552. The minimum absolute atomic E-state index is 0.299. The number of carbonyl (C=O) groups excluding carboxylic acids is 1. The van der Waals surface area contributed by atoms with E-state index in [0.717, 1.165) is 0 Å². The molecule has 0 aromatic rings. The van der Waals surface area contributed by atoms with E-state index in [1.165, 1.54) is 0 Å². The SMILES string of the molecule is C=CCNC(C)OC(=O)C(=C)C. The fourth-order valence-corrected chi connectivity index (χ4v) is 0.552. The molecule has 0 saturated carbocycles. The van der Waals surface area contributed by atoms with Gasteiger partial charge in [0.25, 0.3) is 0 Å². The number of carbonyl (C=O) groups is 1. The van der Waals surface area contributed by atoms with Crippen LogP contribution in [0.4, 0.5) is 0 Å². The van der Waals surface area contributed by atoms with E-state index in [2.05, 4.69) is 18.5 Å². The summed E-state index contributed by atoms with van der Waals surface area (Å²) in [6.45, 7) is 11.0. The molecule has 0 bridgehead atoms. The predicted molar refractivity (Wildman–Crippen MR) is 48.6 cm³/mol. The number of hydrogen-bond donors (Lipinski definition) is 1. The lowest BCUT2D eigenvalue weighted by Gasteiger charge is -2.13. The molecule has 0 aliphatic carbocycles. The lowest BCUT2D eigenvalue weighted by atomic mass is 10.4. The molecule has 3 heteroatoms. The van der Waals surface area contributed by atoms with E-state index >= 15 is 0 Å². The molecule has 1 unspecified atom stereocenters. The summed E-state index contributed by atoms with van der Waals surface area (Å²) in [5.41, 5.74) is 0.405. The third-order valence-corrected chi connectivity index (χ3v) is 1.18. The van der Waals surface area contributed by atoms with E-state index in [1.54, 1.807) is 19.9 Å². The van der Waals surface area contributed by atoms with E-state index in [9.17, 15) is 4.79 Å². The van der Waals surface area contributed by atoms with Crippen molar-refractivity contribution >= 4 is 5.97 Å². The van der Waals surface area contributed by atoms with Gasteiger partial charge in [-0.05, 0) is 13.8 Å². The maximum absolute atomic E-state index is 10.9. The van der Waals surface area contributed by atoms with Gasteiger partial charge < -0.3 is 4.74 Å². The summed E-state index contributed by atoms with van der Waals surface area (Å²) >= 11 is 0. The molecule has 0 aromatic heterocycles. The molecule has 0 rings (SSSR count). The monoisotopic (exact) mass is 169 g/mol. The van der Waals surface area contributed by atoms with Crippen LogP contribution in [-0.2, 0) is 9.53 Å². The standard InChI is InChI=1S/C9H15NO2/c1-5-6-10-8(4)12-9(11)7(2)3/h5,8,10H,1-2,6H2,3-4H3. The number of rotatable bonds is 5. The Kier molecular flexibility index (Phi) is 5.04. The van der Waals surface area contributed by atoms with E-state index in [4.69, 9.17) is 4.74 Å². The van der Waals surface area contributed by atoms with Crippen molar-refractivity contribution in [1.82, 2.24) is 5.32 Å². The van der Waals surface area contributed by atoms with Crippen LogP contribution >= 0.6 is 0 Å². The highest BCUT2D eigenvalue weighted by Gasteiger charge is 2.07. The minimum Gasteiger partial charge on any atom is -0.444 e. The highest BCUT2D eigenvalue weighted by atomic mass is 16.6. The van der Waals surface area contributed by atoms with Crippen LogP contribution in [-0.4, -0.2) is 18.7 Å². The molecule has 0 spiro atoms. The lowest BCUT2D eigenvalue weighted by molar-refractivity contribution is -0.144. The van der Waals surface area contributed by atoms with Crippen LogP contribution in [0.3, 0.4) is 0 Å². The van der Waals surface area contributed by atoms with Crippen LogP contribution in [0.2, 0.25) is 0 Å². The second-order valence-corrected chi connectivity index (χ2v) is 2.52. The zero-order valence-electron chi connectivity index (χ0n) is 7.59. The molecular formula is C9H15NO2. The number of nitrogens with one attached hydrogen (secondary N) is 1. The molecular weight excluding hydrogens is 154 g/mol. The second kappa shape index (κ2) is 5.55. The van der Waals surface area contributed by atoms with E-state index in [-0.39, 0.29) is 12.2 Å². The normalized spacial score (nSPS) is 11.8. The molecule has 1 N–H and O–H groups in total. The smallest absolute Gasteiger partial charge is 0.334 e. The Labute approximate surface area is 73.1 Å². The lowest BCUT2D eigenvalue weighted by Crippen LogP contribution is -2.31. The zero-order chi connectivity index (χ0) is 9.56. The van der Waals surface area contributed by atoms with Gasteiger partial charge in [-0.2, -0.15) is 0 Å². The quantitative estimate of drug-likeness (QED) is 0.291. The van der Waals surface area contributed by atoms with Crippen LogP contribution < -0.4 is 5.32 Å². The summed E-state index contributed by atoms with van der Waals surface area (Å²) in [7, 11) is 0. The van der Waals surface area contributed by atoms with Crippen molar-refractivity contribution < 1.29 is 9.53 Å². The third kappa shape index (κ3) is 4.68. The van der Waals surface area contributed by atoms with Gasteiger partial charge in [0.05, 0.1) is 0 Å². The fraction of sp³-hybridized carbons (Fsp3) is 0.444. The molecule has 1 atom stereocenters. The molecule has 0 aliphatic heterocycles. The highest BCUT2D eigenvalue weighted by molar-refractivity contribution is 5.87. The Bertz CT molecular complexity index is 187. The molecule has 0 aliphatic rings. The molecule has 0 fully saturated rings. The molecule has 0 amide bonds. The Morgan fingerprint density at radius 1 is 1.75 bits per heavy atom. The Morgan fingerprint density at radius 3 is 2.75 bits per heavy atom. The van der Waals surface area contributed by atoms with Crippen molar-refractivity contribution in [2.75, 3.05) is 6.54 Å². The maximum Gasteiger partial charge on any atom is 0.334 e. The van der Waals surface area contributed by atoms with E-state index in [1.807, 2.05) is 0 Å². The average Bonchev–Trinajstić information content (AvgIpc) is 2.00. The summed E-state index contributed by atoms with van der Waals surface area (Å²) in [5.74, 6) is -0.376. The van der Waals surface area contributed by atoms with E-state index in [0.29, 0.717) is 12.1 Å². The van der Waals surface area contributed by atoms with Crippen LogP contribution in [0.5, 0.6) is 0 Å². The largest absolute Gasteiger partial charge is 0.444 e. The topological polar surface area (TPSA) is 38.3 Å². The molecule has 0 saturated heterocycles. The van der Waals surface area contributed by atoms with Crippen molar-refractivity contribution in [3.8, 4) is 0 Å². The molecule has 12 heavy (non-hydrogen) atoms. The molecule has 0 heterocycles. The molecule has 3 nitrogen and oxygen atoms in total. The van der Waals surface area contributed by atoms with Crippen molar-refractivity contribution in [2.45, 2.75) is 20.1 Å². The highest BCUT2D eigenvalue weighted by Crippen LogP contribution is 1.95. The first-order valence-electron chi connectivity index (χ1n) is 3.78.